The molecule has 0 aliphatic carbocycles. The first-order valence-corrected chi connectivity index (χ1v) is 6.64. The van der Waals surface area contributed by atoms with Gasteiger partial charge in [0.15, 0.2) is 0 Å². The lowest BCUT2D eigenvalue weighted by Gasteiger charge is -2.39. The van der Waals surface area contributed by atoms with E-state index in [-0.39, 0.29) is 30.9 Å². The van der Waals surface area contributed by atoms with Crippen molar-refractivity contribution in [3.05, 3.63) is 0 Å². The molecular formula is C10H21Cl2N3OS. The van der Waals surface area contributed by atoms with Gasteiger partial charge in [-0.25, -0.2) is 0 Å². The van der Waals surface area contributed by atoms with Crippen molar-refractivity contribution in [1.82, 2.24) is 15.1 Å². The third kappa shape index (κ3) is 4.17. The monoisotopic (exact) mass is 301 g/mol. The normalized spacial score (nSPS) is 29.4. The van der Waals surface area contributed by atoms with E-state index in [1.54, 1.807) is 0 Å². The van der Waals surface area contributed by atoms with Crippen LogP contribution in [-0.2, 0) is 4.79 Å². The maximum Gasteiger partial charge on any atom is 0.240 e. The fourth-order valence-electron chi connectivity index (χ4n) is 2.22. The SMILES string of the molecule is CC1CN(C)CCN1C(=O)C1CSCN1.Cl.Cl. The average molecular weight is 302 g/mol. The van der Waals surface area contributed by atoms with Crippen LogP contribution >= 0.6 is 36.6 Å². The highest BCUT2D eigenvalue weighted by molar-refractivity contribution is 7.99. The number of likely N-dealkylation sites (N-methyl/N-ethyl adjacent to an activating group) is 1. The van der Waals surface area contributed by atoms with Crippen LogP contribution in [0.1, 0.15) is 6.92 Å². The van der Waals surface area contributed by atoms with Gasteiger partial charge in [0.1, 0.15) is 0 Å². The Morgan fingerprint density at radius 2 is 2.06 bits per heavy atom. The zero-order valence-corrected chi connectivity index (χ0v) is 12.7. The molecule has 2 aliphatic heterocycles. The van der Waals surface area contributed by atoms with E-state index in [2.05, 4.69) is 24.2 Å². The smallest absolute Gasteiger partial charge is 0.240 e. The van der Waals surface area contributed by atoms with Crippen LogP contribution in [0.3, 0.4) is 0 Å². The van der Waals surface area contributed by atoms with Crippen LogP contribution in [0.5, 0.6) is 0 Å². The van der Waals surface area contributed by atoms with Crippen LogP contribution in [0.25, 0.3) is 0 Å². The third-order valence-corrected chi connectivity index (χ3v) is 4.07. The van der Waals surface area contributed by atoms with Gasteiger partial charge in [-0.15, -0.1) is 36.6 Å². The molecule has 102 valence electrons. The third-order valence-electron chi connectivity index (χ3n) is 3.13. The Balaban J connectivity index is 0.00000128. The molecule has 2 rings (SSSR count). The van der Waals surface area contributed by atoms with Gasteiger partial charge in [0.25, 0.3) is 0 Å². The summed E-state index contributed by atoms with van der Waals surface area (Å²) < 4.78 is 0. The van der Waals surface area contributed by atoms with E-state index in [0.717, 1.165) is 31.3 Å². The lowest BCUT2D eigenvalue weighted by atomic mass is 10.1. The van der Waals surface area contributed by atoms with E-state index in [0.29, 0.717) is 11.9 Å². The summed E-state index contributed by atoms with van der Waals surface area (Å²) in [7, 11) is 2.11. The summed E-state index contributed by atoms with van der Waals surface area (Å²) in [5.74, 6) is 2.14. The van der Waals surface area contributed by atoms with E-state index in [1.807, 2.05) is 16.7 Å². The zero-order chi connectivity index (χ0) is 10.8. The van der Waals surface area contributed by atoms with Crippen LogP contribution < -0.4 is 5.32 Å². The predicted octanol–water partition coefficient (Wildman–Crippen LogP) is 0.655. The first-order valence-electron chi connectivity index (χ1n) is 5.48. The number of carbonyl (C=O) groups is 1. The molecule has 1 N–H and O–H groups in total. The molecule has 0 spiro atoms. The lowest BCUT2D eigenvalue weighted by Crippen LogP contribution is -2.57. The molecule has 7 heteroatoms. The molecule has 0 bridgehead atoms. The van der Waals surface area contributed by atoms with Gasteiger partial charge in [0, 0.05) is 37.3 Å². The molecule has 2 atom stereocenters. The maximum absolute atomic E-state index is 12.1. The van der Waals surface area contributed by atoms with Crippen molar-refractivity contribution in [3.63, 3.8) is 0 Å². The van der Waals surface area contributed by atoms with Gasteiger partial charge in [0.05, 0.1) is 6.04 Å². The predicted molar refractivity (Wildman–Crippen MR) is 77.4 cm³/mol. The summed E-state index contributed by atoms with van der Waals surface area (Å²) in [6.07, 6.45) is 0. The van der Waals surface area contributed by atoms with Gasteiger partial charge in [0.2, 0.25) is 5.91 Å². The number of carbonyl (C=O) groups excluding carboxylic acids is 1. The fourth-order valence-corrected chi connectivity index (χ4v) is 3.15. The molecule has 1 amide bonds. The molecule has 0 radical (unpaired) electrons. The number of amides is 1. The van der Waals surface area contributed by atoms with Crippen molar-refractivity contribution >= 4 is 42.5 Å². The minimum absolute atomic E-state index is 0. The Morgan fingerprint density at radius 1 is 1.35 bits per heavy atom. The summed E-state index contributed by atoms with van der Waals surface area (Å²) in [5, 5.41) is 3.24. The molecule has 4 nitrogen and oxygen atoms in total. The van der Waals surface area contributed by atoms with E-state index in [9.17, 15) is 4.79 Å². The largest absolute Gasteiger partial charge is 0.336 e. The Kier molecular flexibility index (Phi) is 7.83. The first-order chi connectivity index (χ1) is 7.18. The molecule has 0 aromatic rings. The second-order valence-corrected chi connectivity index (χ2v) is 5.44. The number of thioether (sulfide) groups is 1. The van der Waals surface area contributed by atoms with Crippen molar-refractivity contribution in [2.75, 3.05) is 38.3 Å². The van der Waals surface area contributed by atoms with E-state index < -0.39 is 0 Å². The van der Waals surface area contributed by atoms with Crippen molar-refractivity contribution in [1.29, 1.82) is 0 Å². The Morgan fingerprint density at radius 3 is 2.59 bits per heavy atom. The van der Waals surface area contributed by atoms with E-state index in [1.165, 1.54) is 0 Å². The Hall–Kier alpha value is 0.320. The Labute approximate surface area is 120 Å². The molecule has 2 unspecified atom stereocenters. The summed E-state index contributed by atoms with van der Waals surface area (Å²) in [5.41, 5.74) is 0. The highest BCUT2D eigenvalue weighted by Gasteiger charge is 2.32. The van der Waals surface area contributed by atoms with Crippen molar-refractivity contribution in [2.45, 2.75) is 19.0 Å². The minimum atomic E-state index is 0. The topological polar surface area (TPSA) is 35.6 Å². The molecule has 2 aliphatic rings. The highest BCUT2D eigenvalue weighted by Crippen LogP contribution is 2.15. The van der Waals surface area contributed by atoms with Gasteiger partial charge in [-0.1, -0.05) is 0 Å². The molecule has 0 aromatic carbocycles. The van der Waals surface area contributed by atoms with Gasteiger partial charge < -0.3 is 9.80 Å². The lowest BCUT2D eigenvalue weighted by molar-refractivity contribution is -0.136. The molecule has 2 saturated heterocycles. The van der Waals surface area contributed by atoms with Crippen molar-refractivity contribution in [3.8, 4) is 0 Å². The van der Waals surface area contributed by atoms with Gasteiger partial charge in [-0.2, -0.15) is 0 Å². The first kappa shape index (κ1) is 17.3. The van der Waals surface area contributed by atoms with Crippen LogP contribution in [-0.4, -0.2) is 66.1 Å². The molecule has 2 fully saturated rings. The molecule has 2 heterocycles. The van der Waals surface area contributed by atoms with Gasteiger partial charge >= 0.3 is 0 Å². The number of nitrogens with zero attached hydrogens (tertiary/aromatic N) is 2. The van der Waals surface area contributed by atoms with Crippen LogP contribution in [0.2, 0.25) is 0 Å². The van der Waals surface area contributed by atoms with Crippen LogP contribution in [0.4, 0.5) is 0 Å². The summed E-state index contributed by atoms with van der Waals surface area (Å²) >= 11 is 1.81. The molecule has 0 aromatic heterocycles. The minimum Gasteiger partial charge on any atom is -0.336 e. The van der Waals surface area contributed by atoms with E-state index in [4.69, 9.17) is 0 Å². The number of hydrogen-bond acceptors (Lipinski definition) is 4. The highest BCUT2D eigenvalue weighted by atomic mass is 35.5. The number of nitrogens with one attached hydrogen (secondary N) is 1. The van der Waals surface area contributed by atoms with E-state index >= 15 is 0 Å². The van der Waals surface area contributed by atoms with Gasteiger partial charge in [-0.3, -0.25) is 10.1 Å². The summed E-state index contributed by atoms with van der Waals surface area (Å²) in [4.78, 5) is 16.5. The number of rotatable bonds is 1. The Bertz CT molecular complexity index is 252. The second kappa shape index (κ2) is 7.69. The number of piperazine rings is 1. The molecule has 0 saturated carbocycles. The quantitative estimate of drug-likeness (QED) is 0.772. The molecule has 17 heavy (non-hydrogen) atoms. The van der Waals surface area contributed by atoms with Gasteiger partial charge in [-0.05, 0) is 14.0 Å². The van der Waals surface area contributed by atoms with Crippen molar-refractivity contribution < 1.29 is 4.79 Å². The summed E-state index contributed by atoms with van der Waals surface area (Å²) in [6, 6.07) is 0.407. The standard InChI is InChI=1S/C10H19N3OS.2ClH/c1-8-5-12(2)3-4-13(8)10(14)9-6-15-7-11-9;;/h8-9,11H,3-7H2,1-2H3;2*1H. The summed E-state index contributed by atoms with van der Waals surface area (Å²) in [6.45, 7) is 5.00. The number of hydrogen-bond donors (Lipinski definition) is 1. The van der Waals surface area contributed by atoms with Crippen molar-refractivity contribution in [2.24, 2.45) is 0 Å². The average Bonchev–Trinajstić information content (AvgIpc) is 2.69. The second-order valence-electron chi connectivity index (χ2n) is 4.41. The molecular weight excluding hydrogens is 281 g/mol. The zero-order valence-electron chi connectivity index (χ0n) is 10.2. The number of halogens is 2. The fraction of sp³-hybridized carbons (Fsp3) is 0.900. The van der Waals surface area contributed by atoms with Crippen LogP contribution in [0, 0.1) is 0 Å². The maximum atomic E-state index is 12.1. The van der Waals surface area contributed by atoms with Crippen LogP contribution in [0.15, 0.2) is 0 Å².